The van der Waals surface area contributed by atoms with E-state index in [1.807, 2.05) is 23.9 Å². The Bertz CT molecular complexity index is 609. The van der Waals surface area contributed by atoms with Gasteiger partial charge in [0.25, 0.3) is 5.56 Å². The highest BCUT2D eigenvalue weighted by molar-refractivity contribution is 7.98. The van der Waals surface area contributed by atoms with Gasteiger partial charge in [0.05, 0.1) is 0 Å². The summed E-state index contributed by atoms with van der Waals surface area (Å²) in [5, 5.41) is 10.7. The van der Waals surface area contributed by atoms with Crippen molar-refractivity contribution in [2.45, 2.75) is 26.0 Å². The summed E-state index contributed by atoms with van der Waals surface area (Å²) in [4.78, 5) is 14.1. The second kappa shape index (κ2) is 7.09. The third kappa shape index (κ3) is 4.09. The van der Waals surface area contributed by atoms with Crippen molar-refractivity contribution in [3.8, 4) is 0 Å². The highest BCUT2D eigenvalue weighted by Crippen LogP contribution is 2.17. The van der Waals surface area contributed by atoms with Crippen LogP contribution in [0.25, 0.3) is 0 Å². The first-order valence-electron chi connectivity index (χ1n) is 6.56. The van der Waals surface area contributed by atoms with Crippen LogP contribution < -0.4 is 10.9 Å². The Morgan fingerprint density at radius 2 is 2.00 bits per heavy atom. The highest BCUT2D eigenvalue weighted by Gasteiger charge is 2.01. The molecular formula is C14H18N4OS. The number of aromatic nitrogens is 3. The fourth-order valence-corrected chi connectivity index (χ4v) is 2.47. The molecule has 0 amide bonds. The average Bonchev–Trinajstić information content (AvgIpc) is 2.45. The van der Waals surface area contributed by atoms with Gasteiger partial charge in [0, 0.05) is 11.4 Å². The van der Waals surface area contributed by atoms with Crippen molar-refractivity contribution in [2.75, 3.05) is 11.1 Å². The van der Waals surface area contributed by atoms with E-state index in [0.717, 1.165) is 11.4 Å². The molecule has 2 aromatic rings. The normalized spacial score (nSPS) is 10.5. The van der Waals surface area contributed by atoms with E-state index in [2.05, 4.69) is 39.6 Å². The fourth-order valence-electron chi connectivity index (χ4n) is 1.61. The Balaban J connectivity index is 1.99. The first-order chi connectivity index (χ1) is 9.69. The maximum atomic E-state index is 11.4. The van der Waals surface area contributed by atoms with E-state index in [0.29, 0.717) is 11.6 Å². The summed E-state index contributed by atoms with van der Waals surface area (Å²) in [7, 11) is 0. The van der Waals surface area contributed by atoms with Crippen molar-refractivity contribution in [3.63, 3.8) is 0 Å². The van der Waals surface area contributed by atoms with Crippen LogP contribution in [0.4, 0.5) is 11.6 Å². The number of anilines is 2. The smallest absolute Gasteiger partial charge is 0.273 e. The Morgan fingerprint density at radius 1 is 1.25 bits per heavy atom. The van der Waals surface area contributed by atoms with Crippen molar-refractivity contribution in [1.82, 2.24) is 15.2 Å². The minimum Gasteiger partial charge on any atom is -0.324 e. The number of nitrogens with one attached hydrogen (secondary N) is 2. The lowest BCUT2D eigenvalue weighted by atomic mass is 10.2. The first kappa shape index (κ1) is 14.6. The van der Waals surface area contributed by atoms with Crippen LogP contribution in [-0.2, 0) is 5.75 Å². The van der Waals surface area contributed by atoms with Crippen LogP contribution >= 0.6 is 11.8 Å². The van der Waals surface area contributed by atoms with Gasteiger partial charge in [-0.2, -0.15) is 11.8 Å². The zero-order chi connectivity index (χ0) is 14.4. The van der Waals surface area contributed by atoms with E-state index in [4.69, 9.17) is 0 Å². The van der Waals surface area contributed by atoms with Crippen LogP contribution in [0, 0.1) is 6.92 Å². The van der Waals surface area contributed by atoms with Crippen LogP contribution in [0.2, 0.25) is 0 Å². The first-order valence-corrected chi connectivity index (χ1v) is 7.72. The number of rotatable bonds is 6. The molecule has 2 N–H and O–H groups in total. The second-order valence-corrected chi connectivity index (χ2v) is 5.57. The Hall–Kier alpha value is -1.82. The van der Waals surface area contributed by atoms with Crippen LogP contribution in [0.5, 0.6) is 0 Å². The topological polar surface area (TPSA) is 70.7 Å². The minimum atomic E-state index is -0.227. The molecule has 0 aliphatic heterocycles. The number of aromatic amines is 1. The highest BCUT2D eigenvalue weighted by atomic mass is 32.2. The van der Waals surface area contributed by atoms with Gasteiger partial charge in [-0.3, -0.25) is 9.78 Å². The molecule has 106 valence electrons. The number of thioether (sulfide) groups is 1. The molecule has 0 fully saturated rings. The Morgan fingerprint density at radius 3 is 2.65 bits per heavy atom. The summed E-state index contributed by atoms with van der Waals surface area (Å²) in [6, 6.07) is 8.10. The lowest BCUT2D eigenvalue weighted by Crippen LogP contribution is -2.15. The second-order valence-electron chi connectivity index (χ2n) is 4.46. The lowest BCUT2D eigenvalue weighted by Gasteiger charge is -2.06. The molecule has 0 aliphatic rings. The Labute approximate surface area is 122 Å². The van der Waals surface area contributed by atoms with Gasteiger partial charge in [0.15, 0.2) is 0 Å². The molecule has 0 bridgehead atoms. The van der Waals surface area contributed by atoms with E-state index in [1.54, 1.807) is 6.92 Å². The number of aryl methyl sites for hydroxylation is 1. The molecule has 0 aliphatic carbocycles. The summed E-state index contributed by atoms with van der Waals surface area (Å²) in [5.41, 5.74) is 2.30. The molecule has 1 heterocycles. The molecule has 0 saturated carbocycles. The molecule has 0 radical (unpaired) electrons. The number of H-pyrrole nitrogens is 1. The van der Waals surface area contributed by atoms with Gasteiger partial charge < -0.3 is 5.32 Å². The monoisotopic (exact) mass is 290 g/mol. The van der Waals surface area contributed by atoms with Crippen molar-refractivity contribution in [1.29, 1.82) is 0 Å². The van der Waals surface area contributed by atoms with E-state index in [1.165, 1.54) is 17.7 Å². The quantitative estimate of drug-likeness (QED) is 0.800. The molecule has 20 heavy (non-hydrogen) atoms. The van der Waals surface area contributed by atoms with Gasteiger partial charge in [0.2, 0.25) is 5.95 Å². The van der Waals surface area contributed by atoms with Crippen molar-refractivity contribution in [3.05, 3.63) is 45.9 Å². The van der Waals surface area contributed by atoms with Crippen molar-refractivity contribution in [2.24, 2.45) is 0 Å². The molecule has 1 aromatic heterocycles. The predicted octanol–water partition coefficient (Wildman–Crippen LogP) is 2.86. The summed E-state index contributed by atoms with van der Waals surface area (Å²) in [5.74, 6) is 2.56. The average molecular weight is 290 g/mol. The Kier molecular flexibility index (Phi) is 5.17. The van der Waals surface area contributed by atoms with Gasteiger partial charge in [-0.15, -0.1) is 10.2 Å². The molecule has 1 aromatic carbocycles. The molecule has 0 unspecified atom stereocenters. The fraction of sp³-hybridized carbons (Fsp3) is 0.357. The van der Waals surface area contributed by atoms with Gasteiger partial charge in [0.1, 0.15) is 5.69 Å². The van der Waals surface area contributed by atoms with Crippen LogP contribution in [0.15, 0.2) is 29.1 Å². The summed E-state index contributed by atoms with van der Waals surface area (Å²) >= 11 is 1.93. The van der Waals surface area contributed by atoms with Crippen LogP contribution in [0.3, 0.4) is 0 Å². The number of benzene rings is 1. The summed E-state index contributed by atoms with van der Waals surface area (Å²) in [6.07, 6.45) is 1.20. The van der Waals surface area contributed by atoms with Crippen molar-refractivity contribution < 1.29 is 0 Å². The number of hydrogen-bond donors (Lipinski definition) is 2. The van der Waals surface area contributed by atoms with Crippen molar-refractivity contribution >= 4 is 23.4 Å². The van der Waals surface area contributed by atoms with E-state index < -0.39 is 0 Å². The number of hydrogen-bond acceptors (Lipinski definition) is 5. The van der Waals surface area contributed by atoms with Crippen LogP contribution in [-0.4, -0.2) is 20.9 Å². The largest absolute Gasteiger partial charge is 0.324 e. The summed E-state index contributed by atoms with van der Waals surface area (Å²) in [6.45, 7) is 3.81. The van der Waals surface area contributed by atoms with E-state index >= 15 is 0 Å². The third-order valence-corrected chi connectivity index (χ3v) is 3.93. The zero-order valence-electron chi connectivity index (χ0n) is 11.6. The van der Waals surface area contributed by atoms with Gasteiger partial charge in [-0.05, 0) is 36.8 Å². The van der Waals surface area contributed by atoms with Gasteiger partial charge in [-0.1, -0.05) is 19.1 Å². The van der Waals surface area contributed by atoms with E-state index in [9.17, 15) is 4.79 Å². The SMILES string of the molecule is CCCSCc1ccc(Nc2nnc(C)c(=O)[nH]2)cc1. The molecule has 0 saturated heterocycles. The molecule has 0 spiro atoms. The molecule has 2 rings (SSSR count). The maximum Gasteiger partial charge on any atom is 0.273 e. The molecule has 6 heteroatoms. The van der Waals surface area contributed by atoms with E-state index in [-0.39, 0.29) is 5.56 Å². The molecule has 0 atom stereocenters. The van der Waals surface area contributed by atoms with Gasteiger partial charge >= 0.3 is 0 Å². The predicted molar refractivity (Wildman–Crippen MR) is 83.6 cm³/mol. The molecular weight excluding hydrogens is 272 g/mol. The standard InChI is InChI=1S/C14H18N4OS/c1-3-8-20-9-11-4-6-12(7-5-11)15-14-16-13(19)10(2)17-18-14/h4-7H,3,8-9H2,1-2H3,(H2,15,16,18,19). The molecule has 5 nitrogen and oxygen atoms in total. The van der Waals surface area contributed by atoms with Crippen LogP contribution in [0.1, 0.15) is 24.6 Å². The number of nitrogens with zero attached hydrogens (tertiary/aromatic N) is 2. The lowest BCUT2D eigenvalue weighted by molar-refractivity contribution is 0.908. The maximum absolute atomic E-state index is 11.4. The minimum absolute atomic E-state index is 0.227. The van der Waals surface area contributed by atoms with Gasteiger partial charge in [-0.25, -0.2) is 0 Å². The summed E-state index contributed by atoms with van der Waals surface area (Å²) < 4.78 is 0. The zero-order valence-corrected chi connectivity index (χ0v) is 12.5. The third-order valence-electron chi connectivity index (χ3n) is 2.69.